The maximum Gasteiger partial charge on any atom is 0.335 e. The van der Waals surface area contributed by atoms with Crippen LogP contribution < -0.4 is 0 Å². The molecule has 0 aliphatic carbocycles. The molecule has 84 valence electrons. The smallest absolute Gasteiger partial charge is 0.335 e. The van der Waals surface area contributed by atoms with Gasteiger partial charge in [-0.1, -0.05) is 36.4 Å². The van der Waals surface area contributed by atoms with E-state index in [0.717, 1.165) is 11.1 Å². The molecule has 3 nitrogen and oxygen atoms in total. The average Bonchev–Trinajstić information content (AvgIpc) is 2.39. The van der Waals surface area contributed by atoms with Gasteiger partial charge in [0.2, 0.25) is 0 Å². The van der Waals surface area contributed by atoms with Crippen molar-refractivity contribution in [1.82, 2.24) is 0 Å². The number of carboxylic acids is 1. The largest absolute Gasteiger partial charge is 0.478 e. The third-order valence-corrected chi connectivity index (χ3v) is 2.51. The normalized spacial score (nSPS) is 9.88. The molecule has 2 aromatic carbocycles. The van der Waals surface area contributed by atoms with Gasteiger partial charge in [-0.05, 0) is 23.3 Å². The molecular weight excluding hydrogens is 216 g/mol. The van der Waals surface area contributed by atoms with Gasteiger partial charge in [0.15, 0.2) is 6.29 Å². The Hall–Kier alpha value is -2.42. The Labute approximate surface area is 98.3 Å². The first-order valence-electron chi connectivity index (χ1n) is 5.10. The molecule has 0 aliphatic heterocycles. The summed E-state index contributed by atoms with van der Waals surface area (Å²) >= 11 is 0. The van der Waals surface area contributed by atoms with Gasteiger partial charge in [-0.2, -0.15) is 0 Å². The number of hydrogen-bond acceptors (Lipinski definition) is 2. The van der Waals surface area contributed by atoms with Gasteiger partial charge in [-0.25, -0.2) is 4.79 Å². The Kier molecular flexibility index (Phi) is 3.01. The van der Waals surface area contributed by atoms with Crippen LogP contribution in [0.2, 0.25) is 0 Å². The monoisotopic (exact) mass is 226 g/mol. The number of rotatable bonds is 3. The summed E-state index contributed by atoms with van der Waals surface area (Å²) in [4.78, 5) is 21.8. The number of aldehydes is 1. The van der Waals surface area contributed by atoms with Crippen LogP contribution in [0.1, 0.15) is 20.7 Å². The third-order valence-electron chi connectivity index (χ3n) is 2.51. The molecule has 3 heteroatoms. The van der Waals surface area contributed by atoms with E-state index in [2.05, 4.69) is 0 Å². The molecule has 2 aromatic rings. The van der Waals surface area contributed by atoms with Crippen molar-refractivity contribution < 1.29 is 14.7 Å². The molecule has 0 aromatic heterocycles. The van der Waals surface area contributed by atoms with Crippen LogP contribution in [0.3, 0.4) is 0 Å². The summed E-state index contributed by atoms with van der Waals surface area (Å²) in [6.07, 6.45) is 0.675. The summed E-state index contributed by atoms with van der Waals surface area (Å²) in [5.41, 5.74) is 2.14. The maximum absolute atomic E-state index is 11.0. The molecule has 0 unspecified atom stereocenters. The van der Waals surface area contributed by atoms with Crippen LogP contribution in [0.4, 0.5) is 0 Å². The first kappa shape index (κ1) is 11.1. The summed E-state index contributed by atoms with van der Waals surface area (Å²) in [7, 11) is 0. The van der Waals surface area contributed by atoms with Gasteiger partial charge >= 0.3 is 5.97 Å². The minimum absolute atomic E-state index is 0.117. The van der Waals surface area contributed by atoms with Crippen LogP contribution in [0.25, 0.3) is 11.1 Å². The topological polar surface area (TPSA) is 54.4 Å². The van der Waals surface area contributed by atoms with Crippen LogP contribution in [-0.4, -0.2) is 17.4 Å². The fourth-order valence-electron chi connectivity index (χ4n) is 1.67. The molecule has 0 amide bonds. The maximum atomic E-state index is 11.0. The molecule has 0 saturated heterocycles. The van der Waals surface area contributed by atoms with Crippen LogP contribution >= 0.6 is 0 Å². The zero-order chi connectivity index (χ0) is 12.3. The highest BCUT2D eigenvalue weighted by Gasteiger charge is 2.08. The molecule has 0 bridgehead atoms. The number of carbonyl (C=O) groups is 2. The van der Waals surface area contributed by atoms with Crippen LogP contribution in [-0.2, 0) is 0 Å². The minimum Gasteiger partial charge on any atom is -0.478 e. The summed E-state index contributed by atoms with van der Waals surface area (Å²) in [5, 5.41) is 8.85. The fraction of sp³-hybridized carbons (Fsp3) is 0. The number of hydrogen-bond donors (Lipinski definition) is 1. The van der Waals surface area contributed by atoms with Crippen molar-refractivity contribution in [3.8, 4) is 11.1 Å². The molecule has 0 spiro atoms. The highest BCUT2D eigenvalue weighted by Crippen LogP contribution is 2.23. The van der Waals surface area contributed by atoms with Crippen molar-refractivity contribution in [3.05, 3.63) is 59.7 Å². The molecule has 0 heterocycles. The summed E-state index contributed by atoms with van der Waals surface area (Å²) in [6.45, 7) is 0. The van der Waals surface area contributed by atoms with E-state index in [1.807, 2.05) is 30.3 Å². The molecular formula is C14H10O3. The van der Waals surface area contributed by atoms with Crippen molar-refractivity contribution >= 4 is 12.3 Å². The summed E-state index contributed by atoms with van der Waals surface area (Å²) in [6, 6.07) is 13.9. The molecule has 0 aliphatic rings. The Morgan fingerprint density at radius 1 is 1.06 bits per heavy atom. The number of benzene rings is 2. The lowest BCUT2D eigenvalue weighted by atomic mass is 9.98. The van der Waals surface area contributed by atoms with E-state index in [4.69, 9.17) is 5.11 Å². The zero-order valence-electron chi connectivity index (χ0n) is 8.96. The predicted octanol–water partition coefficient (Wildman–Crippen LogP) is 2.86. The molecule has 1 N–H and O–H groups in total. The van der Waals surface area contributed by atoms with Crippen LogP contribution in [0, 0.1) is 0 Å². The van der Waals surface area contributed by atoms with E-state index in [-0.39, 0.29) is 5.56 Å². The Morgan fingerprint density at radius 2 is 1.76 bits per heavy atom. The van der Waals surface area contributed by atoms with E-state index < -0.39 is 5.97 Å². The van der Waals surface area contributed by atoms with Gasteiger partial charge in [-0.3, -0.25) is 4.79 Å². The quantitative estimate of drug-likeness (QED) is 0.819. The first-order valence-corrected chi connectivity index (χ1v) is 5.10. The number of aromatic carboxylic acids is 1. The molecule has 0 atom stereocenters. The summed E-state index contributed by atoms with van der Waals surface area (Å²) in [5.74, 6) is -1.03. The van der Waals surface area contributed by atoms with Gasteiger partial charge in [-0.15, -0.1) is 0 Å². The first-order chi connectivity index (χ1) is 8.22. The second-order valence-corrected chi connectivity index (χ2v) is 3.59. The van der Waals surface area contributed by atoms with E-state index >= 15 is 0 Å². The SMILES string of the molecule is O=Cc1cc(C(=O)O)ccc1-c1ccccc1. The molecule has 2 rings (SSSR count). The van der Waals surface area contributed by atoms with Crippen molar-refractivity contribution in [1.29, 1.82) is 0 Å². The van der Waals surface area contributed by atoms with Gasteiger partial charge in [0.05, 0.1) is 5.56 Å². The summed E-state index contributed by atoms with van der Waals surface area (Å²) < 4.78 is 0. The van der Waals surface area contributed by atoms with Crippen molar-refractivity contribution in [2.75, 3.05) is 0 Å². The van der Waals surface area contributed by atoms with E-state index in [1.165, 1.54) is 12.1 Å². The molecule has 17 heavy (non-hydrogen) atoms. The lowest BCUT2D eigenvalue weighted by Gasteiger charge is -2.05. The Balaban J connectivity index is 2.56. The number of carboxylic acid groups (broad SMARTS) is 1. The van der Waals surface area contributed by atoms with Crippen molar-refractivity contribution in [2.45, 2.75) is 0 Å². The van der Waals surface area contributed by atoms with Gasteiger partial charge in [0.1, 0.15) is 0 Å². The highest BCUT2D eigenvalue weighted by atomic mass is 16.4. The van der Waals surface area contributed by atoms with Gasteiger partial charge in [0.25, 0.3) is 0 Å². The molecule has 0 fully saturated rings. The highest BCUT2D eigenvalue weighted by molar-refractivity contribution is 5.94. The standard InChI is InChI=1S/C14H10O3/c15-9-12-8-11(14(16)17)6-7-13(12)10-4-2-1-3-5-10/h1-9H,(H,16,17). The number of carbonyl (C=O) groups excluding carboxylic acids is 1. The van der Waals surface area contributed by atoms with E-state index in [9.17, 15) is 9.59 Å². The minimum atomic E-state index is -1.03. The zero-order valence-corrected chi connectivity index (χ0v) is 8.96. The predicted molar refractivity (Wildman–Crippen MR) is 64.2 cm³/mol. The van der Waals surface area contributed by atoms with E-state index in [0.29, 0.717) is 11.8 Å². The lowest BCUT2D eigenvalue weighted by Crippen LogP contribution is -1.98. The second-order valence-electron chi connectivity index (χ2n) is 3.59. The van der Waals surface area contributed by atoms with E-state index in [1.54, 1.807) is 6.07 Å². The Morgan fingerprint density at radius 3 is 2.35 bits per heavy atom. The van der Waals surface area contributed by atoms with Gasteiger partial charge < -0.3 is 5.11 Å². The van der Waals surface area contributed by atoms with Crippen LogP contribution in [0.15, 0.2) is 48.5 Å². The fourth-order valence-corrected chi connectivity index (χ4v) is 1.67. The van der Waals surface area contributed by atoms with Crippen LogP contribution in [0.5, 0.6) is 0 Å². The molecule has 0 radical (unpaired) electrons. The Bertz CT molecular complexity index is 559. The van der Waals surface area contributed by atoms with Crippen molar-refractivity contribution in [2.24, 2.45) is 0 Å². The van der Waals surface area contributed by atoms with Gasteiger partial charge in [0, 0.05) is 5.56 Å². The third kappa shape index (κ3) is 2.23. The average molecular weight is 226 g/mol. The second kappa shape index (κ2) is 4.61. The van der Waals surface area contributed by atoms with Crippen molar-refractivity contribution in [3.63, 3.8) is 0 Å². The molecule has 0 saturated carbocycles. The lowest BCUT2D eigenvalue weighted by molar-refractivity contribution is 0.0697.